The minimum Gasteiger partial charge on any atom is -0.490 e. The van der Waals surface area contributed by atoms with E-state index in [-0.39, 0.29) is 29.9 Å². The molecule has 1 saturated heterocycles. The van der Waals surface area contributed by atoms with Crippen molar-refractivity contribution < 1.29 is 14.3 Å². The summed E-state index contributed by atoms with van der Waals surface area (Å²) < 4.78 is 6.04. The molecular formula is C26H33N3O3. The van der Waals surface area contributed by atoms with E-state index in [1.54, 1.807) is 6.92 Å². The summed E-state index contributed by atoms with van der Waals surface area (Å²) in [5.74, 6) is 1.14. The van der Waals surface area contributed by atoms with Crippen molar-refractivity contribution in [3.63, 3.8) is 0 Å². The minimum absolute atomic E-state index is 0.0340. The van der Waals surface area contributed by atoms with Crippen LogP contribution in [-0.2, 0) is 9.59 Å². The maximum atomic E-state index is 12.8. The van der Waals surface area contributed by atoms with Crippen molar-refractivity contribution in [2.45, 2.75) is 51.2 Å². The Morgan fingerprint density at radius 2 is 1.66 bits per heavy atom. The van der Waals surface area contributed by atoms with Crippen molar-refractivity contribution in [3.05, 3.63) is 54.6 Å². The predicted octanol–water partition coefficient (Wildman–Crippen LogP) is 4.32. The molecule has 1 aliphatic heterocycles. The number of rotatable bonds is 6. The molecule has 32 heavy (non-hydrogen) atoms. The van der Waals surface area contributed by atoms with Crippen LogP contribution >= 0.6 is 0 Å². The van der Waals surface area contributed by atoms with Crippen molar-refractivity contribution in [3.8, 4) is 5.75 Å². The fourth-order valence-electron chi connectivity index (χ4n) is 4.68. The van der Waals surface area contributed by atoms with E-state index in [0.717, 1.165) is 62.3 Å². The molecule has 2 aromatic rings. The molecular weight excluding hydrogens is 402 g/mol. The van der Waals surface area contributed by atoms with Gasteiger partial charge in [-0.05, 0) is 68.5 Å². The lowest BCUT2D eigenvalue weighted by Crippen LogP contribution is -2.37. The van der Waals surface area contributed by atoms with Crippen LogP contribution in [0.5, 0.6) is 5.75 Å². The van der Waals surface area contributed by atoms with Gasteiger partial charge in [-0.3, -0.25) is 9.59 Å². The van der Waals surface area contributed by atoms with Gasteiger partial charge in [0.25, 0.3) is 0 Å². The molecule has 2 aromatic carbocycles. The Kier molecular flexibility index (Phi) is 6.98. The van der Waals surface area contributed by atoms with Crippen molar-refractivity contribution in [1.82, 2.24) is 4.90 Å². The topological polar surface area (TPSA) is 61.9 Å². The standard InChI is InChI=1S/C26H33N3O3/c1-19(30)28(2)23-16-17-29(18-23)22-12-10-21(11-13-22)27-26(31)20-8-14-25(15-9-20)32-24-6-4-3-5-7-24/h3-7,10-13,20,23,25H,8-9,14-18H2,1-2H3,(H,27,31). The van der Waals surface area contributed by atoms with Gasteiger partial charge in [-0.15, -0.1) is 0 Å². The van der Waals surface area contributed by atoms with Gasteiger partial charge in [0.15, 0.2) is 0 Å². The average molecular weight is 436 g/mol. The summed E-state index contributed by atoms with van der Waals surface area (Å²) in [5, 5.41) is 3.08. The Morgan fingerprint density at radius 1 is 0.969 bits per heavy atom. The molecule has 1 heterocycles. The number of anilines is 2. The SMILES string of the molecule is CC(=O)N(C)C1CCN(c2ccc(NC(=O)C3CCC(Oc4ccccc4)CC3)cc2)C1. The molecule has 2 amide bonds. The number of para-hydroxylation sites is 1. The molecule has 1 aliphatic carbocycles. The van der Waals surface area contributed by atoms with Crippen molar-refractivity contribution in [2.24, 2.45) is 5.92 Å². The zero-order chi connectivity index (χ0) is 22.5. The van der Waals surface area contributed by atoms with E-state index in [1.165, 1.54) is 0 Å². The molecule has 0 aromatic heterocycles. The van der Waals surface area contributed by atoms with Gasteiger partial charge in [0.2, 0.25) is 11.8 Å². The second-order valence-electron chi connectivity index (χ2n) is 8.96. The highest BCUT2D eigenvalue weighted by Crippen LogP contribution is 2.29. The Hall–Kier alpha value is -3.02. The number of likely N-dealkylation sites (N-methyl/N-ethyl adjacent to an activating group) is 1. The summed E-state index contributed by atoms with van der Waals surface area (Å²) in [6, 6.07) is 18.2. The van der Waals surface area contributed by atoms with Crippen molar-refractivity contribution >= 4 is 23.2 Å². The second-order valence-corrected chi connectivity index (χ2v) is 8.96. The van der Waals surface area contributed by atoms with Gasteiger partial charge in [-0.25, -0.2) is 0 Å². The first-order valence-corrected chi connectivity index (χ1v) is 11.6. The van der Waals surface area contributed by atoms with Crippen LogP contribution in [0, 0.1) is 5.92 Å². The van der Waals surface area contributed by atoms with E-state index < -0.39 is 0 Å². The molecule has 170 valence electrons. The third-order valence-electron chi connectivity index (χ3n) is 6.80. The summed E-state index contributed by atoms with van der Waals surface area (Å²) in [6.07, 6.45) is 4.66. The number of benzene rings is 2. The first-order chi connectivity index (χ1) is 15.5. The summed E-state index contributed by atoms with van der Waals surface area (Å²) in [4.78, 5) is 28.5. The third-order valence-corrected chi connectivity index (χ3v) is 6.80. The molecule has 0 bridgehead atoms. The summed E-state index contributed by atoms with van der Waals surface area (Å²) >= 11 is 0. The molecule has 6 heteroatoms. The van der Waals surface area contributed by atoms with Gasteiger partial charge in [-0.1, -0.05) is 18.2 Å². The normalized spacial score (nSPS) is 22.9. The van der Waals surface area contributed by atoms with Crippen molar-refractivity contribution in [2.75, 3.05) is 30.4 Å². The van der Waals surface area contributed by atoms with Crippen LogP contribution in [0.25, 0.3) is 0 Å². The first-order valence-electron chi connectivity index (χ1n) is 11.6. The Morgan fingerprint density at radius 3 is 2.31 bits per heavy atom. The molecule has 2 fully saturated rings. The largest absolute Gasteiger partial charge is 0.490 e. The van der Waals surface area contributed by atoms with Crippen LogP contribution in [0.1, 0.15) is 39.0 Å². The van der Waals surface area contributed by atoms with Gasteiger partial charge in [0, 0.05) is 44.4 Å². The number of nitrogens with zero attached hydrogens (tertiary/aromatic N) is 2. The Bertz CT molecular complexity index is 908. The molecule has 0 radical (unpaired) electrons. The highest BCUT2D eigenvalue weighted by atomic mass is 16.5. The highest BCUT2D eigenvalue weighted by Gasteiger charge is 2.28. The first kappa shape index (κ1) is 22.2. The fourth-order valence-corrected chi connectivity index (χ4v) is 4.68. The number of carbonyl (C=O) groups excluding carboxylic acids is 2. The molecule has 6 nitrogen and oxygen atoms in total. The molecule has 2 aliphatic rings. The summed E-state index contributed by atoms with van der Waals surface area (Å²) in [5.41, 5.74) is 1.96. The van der Waals surface area contributed by atoms with E-state index in [9.17, 15) is 9.59 Å². The van der Waals surface area contributed by atoms with Crippen LogP contribution in [0.4, 0.5) is 11.4 Å². The quantitative estimate of drug-likeness (QED) is 0.734. The maximum Gasteiger partial charge on any atom is 0.227 e. The van der Waals surface area contributed by atoms with Gasteiger partial charge < -0.3 is 19.9 Å². The molecule has 1 unspecified atom stereocenters. The number of carbonyl (C=O) groups is 2. The lowest BCUT2D eigenvalue weighted by atomic mass is 9.86. The summed E-state index contributed by atoms with van der Waals surface area (Å²) in [7, 11) is 1.87. The predicted molar refractivity (Wildman–Crippen MR) is 127 cm³/mol. The fraction of sp³-hybridized carbons (Fsp3) is 0.462. The van der Waals surface area contributed by atoms with E-state index in [0.29, 0.717) is 0 Å². The number of nitrogens with one attached hydrogen (secondary N) is 1. The maximum absolute atomic E-state index is 12.8. The zero-order valence-electron chi connectivity index (χ0n) is 19.0. The van der Waals surface area contributed by atoms with Gasteiger partial charge in [0.05, 0.1) is 12.1 Å². The van der Waals surface area contributed by atoms with Crippen LogP contribution in [-0.4, -0.2) is 49.0 Å². The average Bonchev–Trinajstić information content (AvgIpc) is 3.30. The van der Waals surface area contributed by atoms with Gasteiger partial charge >= 0.3 is 0 Å². The van der Waals surface area contributed by atoms with Gasteiger partial charge in [-0.2, -0.15) is 0 Å². The monoisotopic (exact) mass is 435 g/mol. The smallest absolute Gasteiger partial charge is 0.227 e. The molecule has 0 spiro atoms. The lowest BCUT2D eigenvalue weighted by molar-refractivity contribution is -0.129. The number of hydrogen-bond donors (Lipinski definition) is 1. The number of ether oxygens (including phenoxy) is 1. The number of hydrogen-bond acceptors (Lipinski definition) is 4. The van der Waals surface area contributed by atoms with Crippen LogP contribution < -0.4 is 15.0 Å². The van der Waals surface area contributed by atoms with E-state index in [2.05, 4.69) is 22.3 Å². The lowest BCUT2D eigenvalue weighted by Gasteiger charge is -2.28. The minimum atomic E-state index is 0.0340. The highest BCUT2D eigenvalue weighted by molar-refractivity contribution is 5.92. The summed E-state index contributed by atoms with van der Waals surface area (Å²) in [6.45, 7) is 3.39. The van der Waals surface area contributed by atoms with Crippen LogP contribution in [0.3, 0.4) is 0 Å². The third kappa shape index (κ3) is 5.42. The van der Waals surface area contributed by atoms with Gasteiger partial charge in [0.1, 0.15) is 5.75 Å². The van der Waals surface area contributed by atoms with E-state index in [1.807, 2.05) is 54.4 Å². The molecule has 1 atom stereocenters. The van der Waals surface area contributed by atoms with Crippen molar-refractivity contribution in [1.29, 1.82) is 0 Å². The molecule has 1 saturated carbocycles. The van der Waals surface area contributed by atoms with E-state index in [4.69, 9.17) is 4.74 Å². The zero-order valence-corrected chi connectivity index (χ0v) is 19.0. The van der Waals surface area contributed by atoms with E-state index >= 15 is 0 Å². The number of amides is 2. The van der Waals surface area contributed by atoms with Crippen LogP contribution in [0.2, 0.25) is 0 Å². The van der Waals surface area contributed by atoms with Crippen LogP contribution in [0.15, 0.2) is 54.6 Å². The second kappa shape index (κ2) is 10.1. The Labute approximate surface area is 190 Å². The molecule has 1 N–H and O–H groups in total. The molecule has 4 rings (SSSR count). The Balaban J connectivity index is 1.24.